The van der Waals surface area contributed by atoms with Gasteiger partial charge in [-0.25, -0.2) is 5.32 Å². The van der Waals surface area contributed by atoms with Gasteiger partial charge in [-0.1, -0.05) is 19.8 Å². The van der Waals surface area contributed by atoms with Crippen LogP contribution in [0.3, 0.4) is 0 Å². The third-order valence-corrected chi connectivity index (χ3v) is 2.09. The summed E-state index contributed by atoms with van der Waals surface area (Å²) < 4.78 is 0. The average molecular weight is 126 g/mol. The lowest BCUT2D eigenvalue weighted by Gasteiger charge is -2.20. The van der Waals surface area contributed by atoms with Crippen molar-refractivity contribution in [3.05, 3.63) is 0 Å². The minimum absolute atomic E-state index is 1.01. The topological polar surface area (TPSA) is 14.1 Å². The second-order valence-electron chi connectivity index (χ2n) is 2.90. The van der Waals surface area contributed by atoms with Gasteiger partial charge in [-0.05, 0) is 18.8 Å². The fourth-order valence-electron chi connectivity index (χ4n) is 1.50. The minimum Gasteiger partial charge on any atom is -0.242 e. The van der Waals surface area contributed by atoms with Gasteiger partial charge in [0.2, 0.25) is 0 Å². The van der Waals surface area contributed by atoms with Crippen LogP contribution in [-0.2, 0) is 0 Å². The van der Waals surface area contributed by atoms with Crippen LogP contribution in [0.4, 0.5) is 0 Å². The lowest BCUT2D eigenvalue weighted by Crippen LogP contribution is -2.21. The first kappa shape index (κ1) is 7.07. The van der Waals surface area contributed by atoms with E-state index in [4.69, 9.17) is 0 Å². The molecular formula is C8H16N. The molecule has 1 heteroatoms. The Morgan fingerprint density at radius 2 is 2.00 bits per heavy atom. The summed E-state index contributed by atoms with van der Waals surface area (Å²) in [6, 6.07) is 0. The highest BCUT2D eigenvalue weighted by Gasteiger charge is 2.11. The van der Waals surface area contributed by atoms with Crippen molar-refractivity contribution in [1.29, 1.82) is 0 Å². The van der Waals surface area contributed by atoms with Crippen LogP contribution in [0.2, 0.25) is 0 Å². The largest absolute Gasteiger partial charge is 0.242 e. The van der Waals surface area contributed by atoms with E-state index >= 15 is 0 Å². The fraction of sp³-hybridized carbons (Fsp3) is 1.00. The molecule has 1 saturated heterocycles. The Balaban J connectivity index is 2.08. The number of hydrogen-bond acceptors (Lipinski definition) is 0. The summed E-state index contributed by atoms with van der Waals surface area (Å²) in [5, 5.41) is 4.31. The maximum atomic E-state index is 4.31. The fourth-order valence-corrected chi connectivity index (χ4v) is 1.50. The van der Waals surface area contributed by atoms with Gasteiger partial charge in [0.1, 0.15) is 0 Å². The van der Waals surface area contributed by atoms with E-state index in [9.17, 15) is 0 Å². The second-order valence-corrected chi connectivity index (χ2v) is 2.90. The molecule has 1 fully saturated rings. The molecule has 0 atom stereocenters. The Morgan fingerprint density at radius 1 is 1.33 bits per heavy atom. The van der Waals surface area contributed by atoms with E-state index in [1.54, 1.807) is 0 Å². The average Bonchev–Trinajstić information content (AvgIpc) is 1.91. The van der Waals surface area contributed by atoms with Crippen molar-refractivity contribution in [1.82, 2.24) is 5.32 Å². The van der Waals surface area contributed by atoms with E-state index in [1.165, 1.54) is 25.7 Å². The zero-order chi connectivity index (χ0) is 6.53. The van der Waals surface area contributed by atoms with Crippen molar-refractivity contribution in [2.75, 3.05) is 13.1 Å². The molecule has 0 aromatic heterocycles. The minimum atomic E-state index is 1.01. The van der Waals surface area contributed by atoms with Gasteiger partial charge in [0, 0.05) is 13.1 Å². The van der Waals surface area contributed by atoms with Gasteiger partial charge in [-0.2, -0.15) is 0 Å². The Bertz CT molecular complexity index is 62.2. The molecule has 0 saturated carbocycles. The van der Waals surface area contributed by atoms with E-state index < -0.39 is 0 Å². The summed E-state index contributed by atoms with van der Waals surface area (Å²) in [6.45, 7) is 4.53. The van der Waals surface area contributed by atoms with Gasteiger partial charge in [0.05, 0.1) is 0 Å². The smallest absolute Gasteiger partial charge is 0.0136 e. The maximum Gasteiger partial charge on any atom is 0.0136 e. The van der Waals surface area contributed by atoms with Gasteiger partial charge >= 0.3 is 0 Å². The van der Waals surface area contributed by atoms with E-state index in [1.807, 2.05) is 0 Å². The van der Waals surface area contributed by atoms with Crippen LogP contribution >= 0.6 is 0 Å². The van der Waals surface area contributed by atoms with Crippen LogP contribution in [0.15, 0.2) is 0 Å². The van der Waals surface area contributed by atoms with Crippen LogP contribution in [0.25, 0.3) is 0 Å². The highest BCUT2D eigenvalue weighted by atomic mass is 14.9. The molecule has 1 radical (unpaired) electrons. The Hall–Kier alpha value is -0.0400. The number of rotatable bonds is 2. The summed E-state index contributed by atoms with van der Waals surface area (Å²) >= 11 is 0. The standard InChI is InChI=1S/C8H16N/c1-2-3-8-4-6-9-7-5-8/h8H,2-7H2,1H3. The quantitative estimate of drug-likeness (QED) is 0.535. The van der Waals surface area contributed by atoms with Gasteiger partial charge in [0.25, 0.3) is 0 Å². The zero-order valence-electron chi connectivity index (χ0n) is 6.27. The molecule has 0 unspecified atom stereocenters. The molecule has 1 aliphatic heterocycles. The molecule has 0 N–H and O–H groups in total. The molecule has 1 rings (SSSR count). The Kier molecular flexibility index (Phi) is 3.05. The molecule has 0 aromatic rings. The SMILES string of the molecule is CCCC1CC[N]CC1. The summed E-state index contributed by atoms with van der Waals surface area (Å²) in [5.74, 6) is 1.01. The number of hydrogen-bond donors (Lipinski definition) is 0. The van der Waals surface area contributed by atoms with Crippen molar-refractivity contribution in [2.24, 2.45) is 5.92 Å². The van der Waals surface area contributed by atoms with E-state index in [0.29, 0.717) is 0 Å². The summed E-state index contributed by atoms with van der Waals surface area (Å²) in [6.07, 6.45) is 5.49. The molecule has 0 spiro atoms. The summed E-state index contributed by atoms with van der Waals surface area (Å²) in [7, 11) is 0. The third-order valence-electron chi connectivity index (χ3n) is 2.09. The molecule has 1 aliphatic rings. The molecule has 9 heavy (non-hydrogen) atoms. The lowest BCUT2D eigenvalue weighted by atomic mass is 9.94. The summed E-state index contributed by atoms with van der Waals surface area (Å²) in [5.41, 5.74) is 0. The molecule has 53 valence electrons. The van der Waals surface area contributed by atoms with Crippen LogP contribution < -0.4 is 5.32 Å². The summed E-state index contributed by atoms with van der Waals surface area (Å²) in [4.78, 5) is 0. The van der Waals surface area contributed by atoms with Crippen molar-refractivity contribution in [3.8, 4) is 0 Å². The molecule has 1 nitrogen and oxygen atoms in total. The van der Waals surface area contributed by atoms with Gasteiger partial charge in [-0.15, -0.1) is 0 Å². The van der Waals surface area contributed by atoms with Crippen LogP contribution in [0.1, 0.15) is 32.6 Å². The molecule has 0 aliphatic carbocycles. The molecular weight excluding hydrogens is 110 g/mol. The monoisotopic (exact) mass is 126 g/mol. The number of nitrogens with zero attached hydrogens (tertiary/aromatic N) is 1. The highest BCUT2D eigenvalue weighted by Crippen LogP contribution is 2.17. The molecule has 0 aromatic carbocycles. The Morgan fingerprint density at radius 3 is 2.56 bits per heavy atom. The van der Waals surface area contributed by atoms with Crippen molar-refractivity contribution in [3.63, 3.8) is 0 Å². The van der Waals surface area contributed by atoms with E-state index in [-0.39, 0.29) is 0 Å². The van der Waals surface area contributed by atoms with Crippen molar-refractivity contribution >= 4 is 0 Å². The van der Waals surface area contributed by atoms with E-state index in [2.05, 4.69) is 12.2 Å². The maximum absolute atomic E-state index is 4.31. The third kappa shape index (κ3) is 2.35. The first-order valence-corrected chi connectivity index (χ1v) is 4.06. The number of piperidine rings is 1. The van der Waals surface area contributed by atoms with Gasteiger partial charge in [0.15, 0.2) is 0 Å². The van der Waals surface area contributed by atoms with Crippen molar-refractivity contribution < 1.29 is 0 Å². The normalized spacial score (nSPS) is 22.3. The van der Waals surface area contributed by atoms with Gasteiger partial charge in [-0.3, -0.25) is 0 Å². The molecule has 1 heterocycles. The van der Waals surface area contributed by atoms with Crippen LogP contribution in [0.5, 0.6) is 0 Å². The highest BCUT2D eigenvalue weighted by molar-refractivity contribution is 4.66. The molecule has 0 amide bonds. The molecule has 0 bridgehead atoms. The second kappa shape index (κ2) is 3.89. The van der Waals surface area contributed by atoms with E-state index in [0.717, 1.165) is 19.0 Å². The van der Waals surface area contributed by atoms with Crippen LogP contribution in [0, 0.1) is 5.92 Å². The zero-order valence-corrected chi connectivity index (χ0v) is 6.27. The first-order valence-electron chi connectivity index (χ1n) is 4.06. The predicted molar refractivity (Wildman–Crippen MR) is 39.5 cm³/mol. The van der Waals surface area contributed by atoms with Crippen molar-refractivity contribution in [2.45, 2.75) is 32.6 Å². The first-order chi connectivity index (χ1) is 4.43. The Labute approximate surface area is 57.8 Å². The van der Waals surface area contributed by atoms with Crippen LogP contribution in [-0.4, -0.2) is 13.1 Å². The predicted octanol–water partition coefficient (Wildman–Crippen LogP) is 1.80. The lowest BCUT2D eigenvalue weighted by molar-refractivity contribution is 0.347. The van der Waals surface area contributed by atoms with Gasteiger partial charge < -0.3 is 0 Å².